The summed E-state index contributed by atoms with van der Waals surface area (Å²) in [5.41, 5.74) is 1.62. The van der Waals surface area contributed by atoms with Crippen LogP contribution in [0.3, 0.4) is 0 Å². The summed E-state index contributed by atoms with van der Waals surface area (Å²) < 4.78 is 6.95. The fraction of sp³-hybridized carbons (Fsp3) is 0.333. The molecular formula is C21H23N5O2. The molecule has 0 fully saturated rings. The minimum Gasteiger partial charge on any atom is -0.469 e. The Morgan fingerprint density at radius 1 is 1.25 bits per heavy atom. The highest BCUT2D eigenvalue weighted by atomic mass is 16.5. The summed E-state index contributed by atoms with van der Waals surface area (Å²) in [4.78, 5) is 16.5. The molecule has 1 aliphatic carbocycles. The number of nitrogens with zero attached hydrogens (tertiary/aromatic N) is 4. The lowest BCUT2D eigenvalue weighted by atomic mass is 9.77. The normalized spacial score (nSPS) is 18.9. The van der Waals surface area contributed by atoms with Gasteiger partial charge in [-0.1, -0.05) is 24.3 Å². The van der Waals surface area contributed by atoms with Crippen molar-refractivity contribution in [3.05, 3.63) is 66.3 Å². The minimum absolute atomic E-state index is 0.145. The molecule has 1 N–H and O–H groups in total. The maximum Gasteiger partial charge on any atom is 0.313 e. The van der Waals surface area contributed by atoms with Gasteiger partial charge in [0.2, 0.25) is 0 Å². The van der Waals surface area contributed by atoms with Crippen LogP contribution in [0.4, 0.5) is 5.69 Å². The van der Waals surface area contributed by atoms with Crippen LogP contribution >= 0.6 is 0 Å². The van der Waals surface area contributed by atoms with Crippen molar-refractivity contribution in [2.45, 2.75) is 25.7 Å². The Morgan fingerprint density at radius 2 is 2.11 bits per heavy atom. The Kier molecular flexibility index (Phi) is 5.06. The highest BCUT2D eigenvalue weighted by Gasteiger charge is 2.39. The first-order chi connectivity index (χ1) is 13.7. The third-order valence-electron chi connectivity index (χ3n) is 5.29. The lowest BCUT2D eigenvalue weighted by Crippen LogP contribution is -2.39. The second kappa shape index (κ2) is 7.80. The van der Waals surface area contributed by atoms with E-state index in [2.05, 4.69) is 44.8 Å². The number of hydrogen-bond donors (Lipinski definition) is 1. The fourth-order valence-corrected chi connectivity index (χ4v) is 3.63. The van der Waals surface area contributed by atoms with Crippen LogP contribution in [-0.2, 0) is 16.0 Å². The van der Waals surface area contributed by atoms with Crippen LogP contribution in [0.15, 0.2) is 54.9 Å². The van der Waals surface area contributed by atoms with Crippen molar-refractivity contribution in [2.75, 3.05) is 19.0 Å². The topological polar surface area (TPSA) is 81.4 Å². The lowest BCUT2D eigenvalue weighted by molar-refractivity contribution is -0.152. The molecule has 1 aliphatic rings. The molecule has 144 valence electrons. The van der Waals surface area contributed by atoms with Crippen molar-refractivity contribution >= 4 is 17.4 Å². The summed E-state index contributed by atoms with van der Waals surface area (Å²) in [6, 6.07) is 10.0. The van der Waals surface area contributed by atoms with Gasteiger partial charge in [0.25, 0.3) is 5.78 Å². The van der Waals surface area contributed by atoms with E-state index in [1.807, 2.05) is 28.8 Å². The molecule has 1 aromatic carbocycles. The Balaban J connectivity index is 1.43. The summed E-state index contributed by atoms with van der Waals surface area (Å²) in [6.45, 7) is 0.559. The van der Waals surface area contributed by atoms with Crippen LogP contribution < -0.4 is 5.32 Å². The molecule has 1 atom stereocenters. The number of allylic oxidation sites excluding steroid dienone is 2. The number of hydrogen-bond acceptors (Lipinski definition) is 6. The summed E-state index contributed by atoms with van der Waals surface area (Å²) >= 11 is 0. The number of carbonyl (C=O) groups excluding carboxylic acids is 1. The number of nitrogens with one attached hydrogen (secondary N) is 1. The van der Waals surface area contributed by atoms with Gasteiger partial charge in [0.1, 0.15) is 5.82 Å². The Bertz CT molecular complexity index is 995. The molecule has 2 heterocycles. The number of benzene rings is 1. The lowest BCUT2D eigenvalue weighted by Gasteiger charge is -2.32. The van der Waals surface area contributed by atoms with Crippen LogP contribution in [0.5, 0.6) is 0 Å². The van der Waals surface area contributed by atoms with Gasteiger partial charge in [0.15, 0.2) is 0 Å². The van der Waals surface area contributed by atoms with Gasteiger partial charge in [-0.3, -0.25) is 9.20 Å². The summed E-state index contributed by atoms with van der Waals surface area (Å²) in [5, 5.41) is 11.7. The number of anilines is 1. The van der Waals surface area contributed by atoms with E-state index in [9.17, 15) is 4.79 Å². The smallest absolute Gasteiger partial charge is 0.313 e. The highest BCUT2D eigenvalue weighted by molar-refractivity contribution is 5.78. The number of aromatic nitrogens is 4. The summed E-state index contributed by atoms with van der Waals surface area (Å²) in [6.07, 6.45) is 10.9. The van der Waals surface area contributed by atoms with Gasteiger partial charge >= 0.3 is 5.97 Å². The molecule has 1 unspecified atom stereocenters. The van der Waals surface area contributed by atoms with Crippen LogP contribution in [-0.4, -0.2) is 39.2 Å². The van der Waals surface area contributed by atoms with Gasteiger partial charge in [-0.15, -0.1) is 10.2 Å². The first kappa shape index (κ1) is 18.2. The molecule has 2 aromatic heterocycles. The van der Waals surface area contributed by atoms with E-state index < -0.39 is 5.41 Å². The van der Waals surface area contributed by atoms with E-state index in [0.717, 1.165) is 29.9 Å². The molecule has 0 saturated heterocycles. The Morgan fingerprint density at radius 3 is 2.86 bits per heavy atom. The van der Waals surface area contributed by atoms with Crippen molar-refractivity contribution in [1.82, 2.24) is 19.6 Å². The monoisotopic (exact) mass is 377 g/mol. The molecule has 28 heavy (non-hydrogen) atoms. The zero-order valence-electron chi connectivity index (χ0n) is 15.8. The van der Waals surface area contributed by atoms with Gasteiger partial charge in [-0.2, -0.15) is 0 Å². The van der Waals surface area contributed by atoms with Crippen molar-refractivity contribution < 1.29 is 9.53 Å². The number of ether oxygens (including phenoxy) is 1. The largest absolute Gasteiger partial charge is 0.469 e. The van der Waals surface area contributed by atoms with Gasteiger partial charge < -0.3 is 10.1 Å². The average Bonchev–Trinajstić information content (AvgIpc) is 3.16. The number of methoxy groups -OCH3 is 1. The van der Waals surface area contributed by atoms with Crippen LogP contribution in [0.2, 0.25) is 0 Å². The first-order valence-corrected chi connectivity index (χ1v) is 9.41. The molecule has 7 nitrogen and oxygen atoms in total. The maximum atomic E-state index is 12.3. The quantitative estimate of drug-likeness (QED) is 0.525. The predicted molar refractivity (Wildman–Crippen MR) is 106 cm³/mol. The van der Waals surface area contributed by atoms with E-state index in [4.69, 9.17) is 4.74 Å². The Hall–Kier alpha value is -3.22. The predicted octanol–water partition coefficient (Wildman–Crippen LogP) is 3.03. The molecular weight excluding hydrogens is 354 g/mol. The second-order valence-corrected chi connectivity index (χ2v) is 7.12. The SMILES string of the molecule is COC(=O)C1(CNc2ccc(Cc3nnc4ncccn34)cc2)CC=CCC1. The molecule has 0 bridgehead atoms. The van der Waals surface area contributed by atoms with Crippen molar-refractivity contribution in [3.8, 4) is 0 Å². The van der Waals surface area contributed by atoms with E-state index in [-0.39, 0.29) is 5.97 Å². The number of rotatable bonds is 6. The van der Waals surface area contributed by atoms with E-state index in [1.54, 1.807) is 6.20 Å². The molecule has 0 amide bonds. The second-order valence-electron chi connectivity index (χ2n) is 7.12. The molecule has 3 aromatic rings. The average molecular weight is 377 g/mol. The number of carbonyl (C=O) groups is 1. The van der Waals surface area contributed by atoms with Crippen LogP contribution in [0, 0.1) is 5.41 Å². The van der Waals surface area contributed by atoms with Gasteiger partial charge in [0.05, 0.1) is 12.5 Å². The molecule has 4 rings (SSSR count). The third-order valence-corrected chi connectivity index (χ3v) is 5.29. The van der Waals surface area contributed by atoms with E-state index >= 15 is 0 Å². The van der Waals surface area contributed by atoms with E-state index in [1.165, 1.54) is 7.11 Å². The molecule has 7 heteroatoms. The third kappa shape index (κ3) is 3.60. The van der Waals surface area contributed by atoms with Crippen LogP contribution in [0.1, 0.15) is 30.7 Å². The zero-order chi connectivity index (χ0) is 19.4. The highest BCUT2D eigenvalue weighted by Crippen LogP contribution is 2.34. The van der Waals surface area contributed by atoms with Crippen molar-refractivity contribution in [2.24, 2.45) is 5.41 Å². The number of fused-ring (bicyclic) bond motifs is 1. The zero-order valence-corrected chi connectivity index (χ0v) is 15.8. The molecule has 0 saturated carbocycles. The van der Waals surface area contributed by atoms with Crippen molar-refractivity contribution in [3.63, 3.8) is 0 Å². The fourth-order valence-electron chi connectivity index (χ4n) is 3.63. The molecule has 0 radical (unpaired) electrons. The summed E-state index contributed by atoms with van der Waals surface area (Å²) in [7, 11) is 1.46. The first-order valence-electron chi connectivity index (χ1n) is 9.41. The maximum absolute atomic E-state index is 12.3. The van der Waals surface area contributed by atoms with Crippen LogP contribution in [0.25, 0.3) is 5.78 Å². The molecule has 0 spiro atoms. The molecule has 0 aliphatic heterocycles. The van der Waals surface area contributed by atoms with Gasteiger partial charge in [0, 0.05) is 31.0 Å². The number of esters is 1. The Labute approximate surface area is 163 Å². The minimum atomic E-state index is -0.490. The van der Waals surface area contributed by atoms with E-state index in [0.29, 0.717) is 25.2 Å². The van der Waals surface area contributed by atoms with Gasteiger partial charge in [-0.25, -0.2) is 4.98 Å². The van der Waals surface area contributed by atoms with Gasteiger partial charge in [-0.05, 0) is 43.0 Å². The summed E-state index contributed by atoms with van der Waals surface area (Å²) in [5.74, 6) is 1.31. The van der Waals surface area contributed by atoms with Crippen molar-refractivity contribution in [1.29, 1.82) is 0 Å². The standard InChI is InChI=1S/C21H23N5O2/c1-28-19(27)21(10-3-2-4-11-21)15-23-17-8-6-16(7-9-17)14-18-24-25-20-22-12-5-13-26(18)20/h2-3,5-9,12-13,23H,4,10-11,14-15H2,1H3.